The summed E-state index contributed by atoms with van der Waals surface area (Å²) in [5.41, 5.74) is 0. The van der Waals surface area contributed by atoms with Crippen molar-refractivity contribution >= 4 is 0 Å². The predicted octanol–water partition coefficient (Wildman–Crippen LogP) is 2.19. The van der Waals surface area contributed by atoms with Gasteiger partial charge in [-0.15, -0.1) is 11.8 Å². The molecule has 2 heteroatoms. The van der Waals surface area contributed by atoms with Crippen LogP contribution < -0.4 is 5.32 Å². The molecule has 0 spiro atoms. The molecule has 0 radical (unpaired) electrons. The lowest BCUT2D eigenvalue weighted by atomic mass is 9.96. The van der Waals surface area contributed by atoms with Crippen LogP contribution in [0, 0.1) is 17.8 Å². The molecule has 1 heterocycles. The van der Waals surface area contributed by atoms with Crippen molar-refractivity contribution in [2.75, 3.05) is 19.8 Å². The smallest absolute Gasteiger partial charge is 0.0495 e. The van der Waals surface area contributed by atoms with E-state index < -0.39 is 0 Å². The topological polar surface area (TPSA) is 21.3 Å². The van der Waals surface area contributed by atoms with Gasteiger partial charge in [-0.05, 0) is 38.6 Å². The fourth-order valence-corrected chi connectivity index (χ4v) is 2.13. The van der Waals surface area contributed by atoms with Crippen molar-refractivity contribution in [2.24, 2.45) is 5.92 Å². The molecule has 1 rings (SSSR count). The lowest BCUT2D eigenvalue weighted by Gasteiger charge is -2.19. The summed E-state index contributed by atoms with van der Waals surface area (Å²) in [5, 5.41) is 3.55. The van der Waals surface area contributed by atoms with Gasteiger partial charge in [-0.25, -0.2) is 0 Å². The Labute approximate surface area is 93.8 Å². The van der Waals surface area contributed by atoms with Crippen LogP contribution in [0.1, 0.15) is 39.5 Å². The van der Waals surface area contributed by atoms with Crippen LogP contribution in [-0.2, 0) is 4.74 Å². The molecular formula is C13H23NO. The number of hydrogen-bond acceptors (Lipinski definition) is 2. The van der Waals surface area contributed by atoms with Gasteiger partial charge >= 0.3 is 0 Å². The minimum atomic E-state index is 0.627. The van der Waals surface area contributed by atoms with Crippen LogP contribution in [-0.4, -0.2) is 25.8 Å². The third-order valence-corrected chi connectivity index (χ3v) is 2.93. The van der Waals surface area contributed by atoms with Crippen LogP contribution in [0.4, 0.5) is 0 Å². The first-order valence-electron chi connectivity index (χ1n) is 6.07. The summed E-state index contributed by atoms with van der Waals surface area (Å²) in [6, 6.07) is 0.627. The Kier molecular flexibility index (Phi) is 6.47. The van der Waals surface area contributed by atoms with E-state index in [1.807, 2.05) is 6.92 Å². The van der Waals surface area contributed by atoms with Crippen molar-refractivity contribution in [3.8, 4) is 11.8 Å². The van der Waals surface area contributed by atoms with Crippen molar-refractivity contribution in [3.05, 3.63) is 0 Å². The van der Waals surface area contributed by atoms with E-state index in [4.69, 9.17) is 4.74 Å². The highest BCUT2D eigenvalue weighted by molar-refractivity contribution is 4.95. The van der Waals surface area contributed by atoms with E-state index in [0.29, 0.717) is 6.04 Å². The summed E-state index contributed by atoms with van der Waals surface area (Å²) in [7, 11) is 0. The highest BCUT2D eigenvalue weighted by Crippen LogP contribution is 2.19. The second-order valence-corrected chi connectivity index (χ2v) is 4.19. The summed E-state index contributed by atoms with van der Waals surface area (Å²) in [4.78, 5) is 0. The Morgan fingerprint density at radius 2 is 2.40 bits per heavy atom. The lowest BCUT2D eigenvalue weighted by molar-refractivity contribution is 0.181. The van der Waals surface area contributed by atoms with E-state index in [-0.39, 0.29) is 0 Å². The molecule has 2 nitrogen and oxygen atoms in total. The molecule has 1 fully saturated rings. The van der Waals surface area contributed by atoms with Crippen LogP contribution in [0.15, 0.2) is 0 Å². The SMILES string of the molecule is CC#CCCC(CC1CCOC1)NCC. The van der Waals surface area contributed by atoms with Crippen LogP contribution in [0.3, 0.4) is 0 Å². The van der Waals surface area contributed by atoms with E-state index >= 15 is 0 Å². The first-order chi connectivity index (χ1) is 7.36. The highest BCUT2D eigenvalue weighted by Gasteiger charge is 2.19. The molecule has 0 aliphatic carbocycles. The third kappa shape index (κ3) is 5.20. The molecule has 0 aromatic rings. The Balaban J connectivity index is 2.23. The van der Waals surface area contributed by atoms with Crippen LogP contribution >= 0.6 is 0 Å². The van der Waals surface area contributed by atoms with E-state index in [1.54, 1.807) is 0 Å². The molecule has 1 N–H and O–H groups in total. The molecule has 86 valence electrons. The molecule has 0 aromatic carbocycles. The second kappa shape index (κ2) is 7.73. The minimum Gasteiger partial charge on any atom is -0.381 e. The van der Waals surface area contributed by atoms with Crippen molar-refractivity contribution in [1.82, 2.24) is 5.32 Å². The quantitative estimate of drug-likeness (QED) is 0.677. The fourth-order valence-electron chi connectivity index (χ4n) is 2.13. The van der Waals surface area contributed by atoms with Gasteiger partial charge in [0.2, 0.25) is 0 Å². The first-order valence-corrected chi connectivity index (χ1v) is 6.07. The largest absolute Gasteiger partial charge is 0.381 e. The zero-order valence-corrected chi connectivity index (χ0v) is 10.0. The van der Waals surface area contributed by atoms with Crippen LogP contribution in [0.2, 0.25) is 0 Å². The zero-order chi connectivity index (χ0) is 10.9. The van der Waals surface area contributed by atoms with Gasteiger partial charge in [0.15, 0.2) is 0 Å². The van der Waals surface area contributed by atoms with Gasteiger partial charge in [-0.3, -0.25) is 0 Å². The number of ether oxygens (including phenoxy) is 1. The van der Waals surface area contributed by atoms with Crippen LogP contribution in [0.5, 0.6) is 0 Å². The first kappa shape index (κ1) is 12.5. The zero-order valence-electron chi connectivity index (χ0n) is 10.0. The number of rotatable bonds is 6. The molecule has 2 unspecified atom stereocenters. The molecule has 0 aromatic heterocycles. The molecule has 0 bridgehead atoms. The minimum absolute atomic E-state index is 0.627. The summed E-state index contributed by atoms with van der Waals surface area (Å²) >= 11 is 0. The maximum absolute atomic E-state index is 5.41. The Morgan fingerprint density at radius 3 is 3.00 bits per heavy atom. The highest BCUT2D eigenvalue weighted by atomic mass is 16.5. The molecule has 1 aliphatic heterocycles. The summed E-state index contributed by atoms with van der Waals surface area (Å²) in [5.74, 6) is 6.86. The normalized spacial score (nSPS) is 22.1. The van der Waals surface area contributed by atoms with Gasteiger partial charge in [0.25, 0.3) is 0 Å². The van der Waals surface area contributed by atoms with E-state index in [2.05, 4.69) is 24.1 Å². The van der Waals surface area contributed by atoms with Crippen molar-refractivity contribution in [3.63, 3.8) is 0 Å². The van der Waals surface area contributed by atoms with Gasteiger partial charge in [-0.2, -0.15) is 0 Å². The predicted molar refractivity (Wildman–Crippen MR) is 63.7 cm³/mol. The Bertz CT molecular complexity index is 210. The average Bonchev–Trinajstić information content (AvgIpc) is 2.71. The maximum atomic E-state index is 5.41. The van der Waals surface area contributed by atoms with E-state index in [1.165, 1.54) is 19.3 Å². The molecule has 2 atom stereocenters. The average molecular weight is 209 g/mol. The molecule has 1 saturated heterocycles. The van der Waals surface area contributed by atoms with Crippen molar-refractivity contribution in [1.29, 1.82) is 0 Å². The Morgan fingerprint density at radius 1 is 1.53 bits per heavy atom. The van der Waals surface area contributed by atoms with Crippen molar-refractivity contribution in [2.45, 2.75) is 45.6 Å². The monoisotopic (exact) mass is 209 g/mol. The summed E-state index contributed by atoms with van der Waals surface area (Å²) < 4.78 is 5.41. The van der Waals surface area contributed by atoms with Gasteiger partial charge < -0.3 is 10.1 Å². The van der Waals surface area contributed by atoms with Crippen molar-refractivity contribution < 1.29 is 4.74 Å². The van der Waals surface area contributed by atoms with Gasteiger partial charge in [-0.1, -0.05) is 6.92 Å². The van der Waals surface area contributed by atoms with E-state index in [9.17, 15) is 0 Å². The molecule has 0 amide bonds. The van der Waals surface area contributed by atoms with Gasteiger partial charge in [0.05, 0.1) is 0 Å². The number of hydrogen-bond donors (Lipinski definition) is 1. The second-order valence-electron chi connectivity index (χ2n) is 4.19. The molecule has 0 saturated carbocycles. The lowest BCUT2D eigenvalue weighted by Crippen LogP contribution is -2.31. The summed E-state index contributed by atoms with van der Waals surface area (Å²) in [6.07, 6.45) is 4.67. The third-order valence-electron chi connectivity index (χ3n) is 2.93. The molecule has 1 aliphatic rings. The Hall–Kier alpha value is -0.520. The van der Waals surface area contributed by atoms with Crippen LogP contribution in [0.25, 0.3) is 0 Å². The molecular weight excluding hydrogens is 186 g/mol. The molecule has 15 heavy (non-hydrogen) atoms. The van der Waals surface area contributed by atoms with Gasteiger partial charge in [0.1, 0.15) is 0 Å². The standard InChI is InChI=1S/C13H23NO/c1-3-5-6-7-13(14-4-2)10-12-8-9-15-11-12/h12-14H,4,6-11H2,1-2H3. The fraction of sp³-hybridized carbons (Fsp3) is 0.846. The van der Waals surface area contributed by atoms with E-state index in [0.717, 1.165) is 32.1 Å². The maximum Gasteiger partial charge on any atom is 0.0495 e. The van der Waals surface area contributed by atoms with Gasteiger partial charge in [0, 0.05) is 25.7 Å². The summed E-state index contributed by atoms with van der Waals surface area (Å²) in [6.45, 7) is 7.05. The number of nitrogens with one attached hydrogen (secondary N) is 1.